The predicted octanol–water partition coefficient (Wildman–Crippen LogP) is 2.32. The van der Waals surface area contributed by atoms with Crippen LogP contribution in [-0.2, 0) is 4.74 Å². The van der Waals surface area contributed by atoms with Gasteiger partial charge in [-0.25, -0.2) is 9.59 Å². The molecular formula is C15H20N2O4. The minimum Gasteiger partial charge on any atom is -0.478 e. The summed E-state index contributed by atoms with van der Waals surface area (Å²) in [5.41, 5.74) is 0.362. The van der Waals surface area contributed by atoms with Crippen LogP contribution in [0.2, 0.25) is 0 Å². The molecule has 2 rings (SSSR count). The first-order valence-corrected chi connectivity index (χ1v) is 7.10. The second-order valence-corrected chi connectivity index (χ2v) is 5.05. The number of para-hydroxylation sites is 1. The zero-order valence-electron chi connectivity index (χ0n) is 12.0. The van der Waals surface area contributed by atoms with E-state index in [9.17, 15) is 9.59 Å². The van der Waals surface area contributed by atoms with Gasteiger partial charge in [0, 0.05) is 19.1 Å². The molecule has 0 aromatic heterocycles. The van der Waals surface area contributed by atoms with Crippen molar-refractivity contribution < 1.29 is 19.4 Å². The Labute approximate surface area is 123 Å². The summed E-state index contributed by atoms with van der Waals surface area (Å²) in [6.45, 7) is 3.32. The summed E-state index contributed by atoms with van der Waals surface area (Å²) in [5, 5.41) is 14.4. The number of hydrogen-bond acceptors (Lipinski definition) is 3. The first-order chi connectivity index (χ1) is 10.1. The first kappa shape index (κ1) is 15.3. The lowest BCUT2D eigenvalue weighted by Crippen LogP contribution is -2.35. The van der Waals surface area contributed by atoms with E-state index in [0.29, 0.717) is 12.5 Å². The van der Waals surface area contributed by atoms with Crippen LogP contribution in [0.3, 0.4) is 0 Å². The molecule has 0 aliphatic carbocycles. The molecule has 0 radical (unpaired) electrons. The van der Waals surface area contributed by atoms with Crippen molar-refractivity contribution in [2.75, 3.05) is 18.5 Å². The summed E-state index contributed by atoms with van der Waals surface area (Å²) in [6.07, 6.45) is 2.05. The minimum absolute atomic E-state index is 0.0725. The summed E-state index contributed by atoms with van der Waals surface area (Å²) < 4.78 is 5.57. The average molecular weight is 292 g/mol. The van der Waals surface area contributed by atoms with Crippen LogP contribution in [0.5, 0.6) is 0 Å². The van der Waals surface area contributed by atoms with Crippen LogP contribution in [0.4, 0.5) is 10.5 Å². The van der Waals surface area contributed by atoms with Gasteiger partial charge in [-0.15, -0.1) is 0 Å². The number of carboxylic acid groups (broad SMARTS) is 1. The van der Waals surface area contributed by atoms with Crippen LogP contribution in [-0.4, -0.2) is 36.4 Å². The molecule has 0 bridgehead atoms. The van der Waals surface area contributed by atoms with Crippen LogP contribution in [0.1, 0.15) is 30.1 Å². The third-order valence-corrected chi connectivity index (χ3v) is 3.68. The van der Waals surface area contributed by atoms with E-state index >= 15 is 0 Å². The van der Waals surface area contributed by atoms with Gasteiger partial charge in [0.15, 0.2) is 0 Å². The van der Waals surface area contributed by atoms with Crippen molar-refractivity contribution in [2.24, 2.45) is 5.92 Å². The lowest BCUT2D eigenvalue weighted by atomic mass is 10.00. The molecule has 1 aliphatic rings. The van der Waals surface area contributed by atoms with E-state index in [2.05, 4.69) is 17.6 Å². The molecule has 114 valence electrons. The number of urea groups is 1. The molecule has 1 aliphatic heterocycles. The fourth-order valence-corrected chi connectivity index (χ4v) is 2.55. The van der Waals surface area contributed by atoms with Crippen LogP contribution in [0.15, 0.2) is 24.3 Å². The van der Waals surface area contributed by atoms with Gasteiger partial charge in [-0.3, -0.25) is 0 Å². The number of hydrogen-bond donors (Lipinski definition) is 3. The average Bonchev–Trinajstić information content (AvgIpc) is 2.93. The van der Waals surface area contributed by atoms with Gasteiger partial charge in [0.25, 0.3) is 0 Å². The second kappa shape index (κ2) is 7.08. The predicted molar refractivity (Wildman–Crippen MR) is 78.6 cm³/mol. The van der Waals surface area contributed by atoms with Crippen molar-refractivity contribution in [2.45, 2.75) is 25.9 Å². The summed E-state index contributed by atoms with van der Waals surface area (Å²) >= 11 is 0. The van der Waals surface area contributed by atoms with Crippen LogP contribution in [0.25, 0.3) is 0 Å². The maximum Gasteiger partial charge on any atom is 0.337 e. The Morgan fingerprint density at radius 2 is 2.14 bits per heavy atom. The quantitative estimate of drug-likeness (QED) is 0.777. The molecule has 1 heterocycles. The standard InChI is InChI=1S/C15H20N2O4/c1-2-13-10(7-8-21-13)9-16-15(20)17-12-6-4-3-5-11(12)14(18)19/h3-6,10,13H,2,7-9H2,1H3,(H,18,19)(H2,16,17,20). The molecule has 6 heteroatoms. The van der Waals surface area contributed by atoms with Crippen molar-refractivity contribution >= 4 is 17.7 Å². The maximum absolute atomic E-state index is 11.9. The van der Waals surface area contributed by atoms with E-state index in [1.54, 1.807) is 18.2 Å². The Morgan fingerprint density at radius 1 is 1.38 bits per heavy atom. The molecule has 3 N–H and O–H groups in total. The van der Waals surface area contributed by atoms with Gasteiger partial charge < -0.3 is 20.5 Å². The van der Waals surface area contributed by atoms with Crippen LogP contribution >= 0.6 is 0 Å². The first-order valence-electron chi connectivity index (χ1n) is 7.10. The summed E-state index contributed by atoms with van der Waals surface area (Å²) in [4.78, 5) is 22.9. The van der Waals surface area contributed by atoms with E-state index in [4.69, 9.17) is 9.84 Å². The number of rotatable bonds is 5. The molecule has 0 spiro atoms. The molecule has 21 heavy (non-hydrogen) atoms. The molecule has 2 atom stereocenters. The lowest BCUT2D eigenvalue weighted by Gasteiger charge is -2.17. The number of anilines is 1. The zero-order chi connectivity index (χ0) is 15.2. The number of amides is 2. The number of carbonyl (C=O) groups excluding carboxylic acids is 1. The van der Waals surface area contributed by atoms with Crippen molar-refractivity contribution in [1.82, 2.24) is 5.32 Å². The normalized spacial score (nSPS) is 21.0. The van der Waals surface area contributed by atoms with E-state index in [1.165, 1.54) is 6.07 Å². The molecule has 1 aromatic carbocycles. The third kappa shape index (κ3) is 3.95. The molecule has 1 saturated heterocycles. The van der Waals surface area contributed by atoms with Crippen LogP contribution < -0.4 is 10.6 Å². The van der Waals surface area contributed by atoms with Gasteiger partial charge in [-0.05, 0) is 25.0 Å². The topological polar surface area (TPSA) is 87.7 Å². The van der Waals surface area contributed by atoms with Gasteiger partial charge in [-0.2, -0.15) is 0 Å². The minimum atomic E-state index is -1.07. The van der Waals surface area contributed by atoms with E-state index in [-0.39, 0.29) is 17.4 Å². The maximum atomic E-state index is 11.9. The number of benzene rings is 1. The van der Waals surface area contributed by atoms with Gasteiger partial charge in [0.2, 0.25) is 0 Å². The van der Waals surface area contributed by atoms with Gasteiger partial charge in [0.05, 0.1) is 17.4 Å². The molecule has 1 aromatic rings. The number of carboxylic acids is 1. The third-order valence-electron chi connectivity index (χ3n) is 3.68. The largest absolute Gasteiger partial charge is 0.478 e. The molecule has 2 unspecified atom stereocenters. The SMILES string of the molecule is CCC1OCCC1CNC(=O)Nc1ccccc1C(=O)O. The Morgan fingerprint density at radius 3 is 2.86 bits per heavy atom. The molecule has 0 saturated carbocycles. The highest BCUT2D eigenvalue weighted by molar-refractivity contribution is 5.99. The lowest BCUT2D eigenvalue weighted by molar-refractivity contribution is 0.0698. The van der Waals surface area contributed by atoms with Crippen molar-refractivity contribution in [3.8, 4) is 0 Å². The van der Waals surface area contributed by atoms with E-state index in [1.807, 2.05) is 0 Å². The Balaban J connectivity index is 1.89. The Bertz CT molecular complexity index is 518. The Kier molecular flexibility index (Phi) is 5.16. The summed E-state index contributed by atoms with van der Waals surface area (Å²) in [5.74, 6) is -0.753. The summed E-state index contributed by atoms with van der Waals surface area (Å²) in [7, 11) is 0. The zero-order valence-corrected chi connectivity index (χ0v) is 12.0. The summed E-state index contributed by atoms with van der Waals surface area (Å²) in [6, 6.07) is 5.92. The van der Waals surface area contributed by atoms with Crippen molar-refractivity contribution in [3.63, 3.8) is 0 Å². The van der Waals surface area contributed by atoms with Crippen molar-refractivity contribution in [1.29, 1.82) is 0 Å². The molecular weight excluding hydrogens is 272 g/mol. The highest BCUT2D eigenvalue weighted by Gasteiger charge is 2.26. The number of ether oxygens (including phenoxy) is 1. The van der Waals surface area contributed by atoms with Gasteiger partial charge >= 0.3 is 12.0 Å². The van der Waals surface area contributed by atoms with Crippen LogP contribution in [0, 0.1) is 5.92 Å². The Hall–Kier alpha value is -2.08. The fourth-order valence-electron chi connectivity index (χ4n) is 2.55. The smallest absolute Gasteiger partial charge is 0.337 e. The number of aromatic carboxylic acids is 1. The highest BCUT2D eigenvalue weighted by Crippen LogP contribution is 2.22. The van der Waals surface area contributed by atoms with Gasteiger partial charge in [-0.1, -0.05) is 19.1 Å². The molecule has 6 nitrogen and oxygen atoms in total. The fraction of sp³-hybridized carbons (Fsp3) is 0.467. The van der Waals surface area contributed by atoms with Gasteiger partial charge in [0.1, 0.15) is 0 Å². The van der Waals surface area contributed by atoms with E-state index in [0.717, 1.165) is 19.4 Å². The van der Waals surface area contributed by atoms with Crippen molar-refractivity contribution in [3.05, 3.63) is 29.8 Å². The second-order valence-electron chi connectivity index (χ2n) is 5.05. The number of carbonyl (C=O) groups is 2. The highest BCUT2D eigenvalue weighted by atomic mass is 16.5. The molecule has 1 fully saturated rings. The molecule has 2 amide bonds. The monoisotopic (exact) mass is 292 g/mol. The van der Waals surface area contributed by atoms with E-state index < -0.39 is 12.0 Å². The number of nitrogens with one attached hydrogen (secondary N) is 2.